The van der Waals surface area contributed by atoms with Gasteiger partial charge in [0, 0.05) is 0 Å². The van der Waals surface area contributed by atoms with Crippen LogP contribution in [0.25, 0.3) is 0 Å². The monoisotopic (exact) mass is 212 g/mol. The maximum Gasteiger partial charge on any atom is 0.197 e. The Morgan fingerprint density at radius 3 is 2.73 bits per heavy atom. The van der Waals surface area contributed by atoms with Gasteiger partial charge in [0.25, 0.3) is 0 Å². The van der Waals surface area contributed by atoms with E-state index in [-0.39, 0.29) is 17.1 Å². The third kappa shape index (κ3) is 2.26. The van der Waals surface area contributed by atoms with Gasteiger partial charge in [-0.05, 0) is 12.1 Å². The summed E-state index contributed by atoms with van der Waals surface area (Å²) in [6, 6.07) is 4.34. The molecule has 0 aliphatic heterocycles. The molecule has 0 fully saturated rings. The molecule has 5 nitrogen and oxygen atoms in total. The number of phenols is 1. The Morgan fingerprint density at radius 2 is 2.20 bits per heavy atom. The van der Waals surface area contributed by atoms with Crippen molar-refractivity contribution in [3.05, 3.63) is 23.8 Å². The van der Waals surface area contributed by atoms with Gasteiger partial charge < -0.3 is 20.1 Å². The first kappa shape index (κ1) is 11.5. The molecule has 0 amide bonds. The summed E-state index contributed by atoms with van der Waals surface area (Å²) in [5.41, 5.74) is -0.0732. The van der Waals surface area contributed by atoms with E-state index in [1.165, 1.54) is 25.3 Å². The summed E-state index contributed by atoms with van der Waals surface area (Å²) in [6.07, 6.45) is -1.52. The Balaban J connectivity index is 3.09. The largest absolute Gasteiger partial charge is 0.504 e. The van der Waals surface area contributed by atoms with E-state index in [2.05, 4.69) is 0 Å². The highest BCUT2D eigenvalue weighted by Gasteiger charge is 2.21. The molecular formula is C10H12O5. The van der Waals surface area contributed by atoms with Crippen LogP contribution in [0.5, 0.6) is 11.5 Å². The number of ether oxygens (including phenoxy) is 1. The summed E-state index contributed by atoms with van der Waals surface area (Å²) in [5.74, 6) is -0.933. The Hall–Kier alpha value is -1.59. The van der Waals surface area contributed by atoms with Crippen molar-refractivity contribution in [1.82, 2.24) is 0 Å². The smallest absolute Gasteiger partial charge is 0.197 e. The quantitative estimate of drug-likeness (QED) is 0.608. The van der Waals surface area contributed by atoms with Crippen LogP contribution in [0.3, 0.4) is 0 Å². The molecule has 0 radical (unpaired) electrons. The predicted molar refractivity (Wildman–Crippen MR) is 52.1 cm³/mol. The number of aliphatic hydroxyl groups is 2. The second-order valence-corrected chi connectivity index (χ2v) is 2.92. The Bertz CT molecular complexity index is 361. The average molecular weight is 212 g/mol. The number of phenolic OH excluding ortho intramolecular Hbond substituents is 1. The number of ketones is 1. The molecular weight excluding hydrogens is 200 g/mol. The molecule has 1 unspecified atom stereocenters. The van der Waals surface area contributed by atoms with E-state index in [1.807, 2.05) is 0 Å². The molecule has 82 valence electrons. The molecule has 0 aromatic heterocycles. The lowest BCUT2D eigenvalue weighted by Crippen LogP contribution is -2.24. The first-order valence-corrected chi connectivity index (χ1v) is 4.31. The molecule has 0 saturated carbocycles. The minimum absolute atomic E-state index is 0.0732. The van der Waals surface area contributed by atoms with E-state index in [0.717, 1.165) is 0 Å². The van der Waals surface area contributed by atoms with E-state index in [4.69, 9.17) is 14.9 Å². The molecule has 5 heteroatoms. The number of aliphatic hydroxyl groups excluding tert-OH is 2. The summed E-state index contributed by atoms with van der Waals surface area (Å²) in [5, 5.41) is 27.3. The predicted octanol–water partition coefficient (Wildman–Crippen LogP) is -0.0633. The molecule has 1 rings (SSSR count). The van der Waals surface area contributed by atoms with Gasteiger partial charge in [0.2, 0.25) is 0 Å². The Kier molecular flexibility index (Phi) is 3.65. The highest BCUT2D eigenvalue weighted by Crippen LogP contribution is 2.29. The number of carbonyl (C=O) groups is 1. The molecule has 0 bridgehead atoms. The number of benzene rings is 1. The molecule has 1 aromatic rings. The Labute approximate surface area is 86.5 Å². The lowest BCUT2D eigenvalue weighted by molar-refractivity contribution is 0.0584. The fraction of sp³-hybridized carbons (Fsp3) is 0.300. The van der Waals surface area contributed by atoms with Crippen molar-refractivity contribution >= 4 is 5.78 Å². The molecule has 0 aliphatic rings. The van der Waals surface area contributed by atoms with E-state index in [0.29, 0.717) is 0 Å². The number of hydrogen-bond donors (Lipinski definition) is 3. The van der Waals surface area contributed by atoms with Gasteiger partial charge in [0.1, 0.15) is 6.10 Å². The number of para-hydroxylation sites is 1. The van der Waals surface area contributed by atoms with Crippen molar-refractivity contribution in [2.75, 3.05) is 13.7 Å². The topological polar surface area (TPSA) is 87.0 Å². The van der Waals surface area contributed by atoms with Crippen LogP contribution in [-0.4, -0.2) is 40.9 Å². The fourth-order valence-electron chi connectivity index (χ4n) is 1.15. The number of Topliss-reactive ketones (excluding diaryl/α,β-unsaturated/α-hetero) is 1. The molecule has 3 N–H and O–H groups in total. The number of aromatic hydroxyl groups is 1. The Morgan fingerprint density at radius 1 is 1.53 bits per heavy atom. The van der Waals surface area contributed by atoms with Crippen molar-refractivity contribution in [3.8, 4) is 11.5 Å². The first-order chi connectivity index (χ1) is 7.11. The van der Waals surface area contributed by atoms with Gasteiger partial charge in [-0.3, -0.25) is 4.79 Å². The molecule has 0 saturated heterocycles. The van der Waals surface area contributed by atoms with Crippen molar-refractivity contribution in [2.45, 2.75) is 6.10 Å². The summed E-state index contributed by atoms with van der Waals surface area (Å²) in [4.78, 5) is 11.4. The van der Waals surface area contributed by atoms with Crippen LogP contribution in [0, 0.1) is 0 Å². The first-order valence-electron chi connectivity index (χ1n) is 4.31. The van der Waals surface area contributed by atoms with Crippen LogP contribution in [-0.2, 0) is 0 Å². The SMILES string of the molecule is COc1cccc(C(=O)C(O)CO)c1O. The second-order valence-electron chi connectivity index (χ2n) is 2.92. The second kappa shape index (κ2) is 4.77. The molecule has 0 heterocycles. The number of rotatable bonds is 4. The van der Waals surface area contributed by atoms with Gasteiger partial charge in [-0.15, -0.1) is 0 Å². The van der Waals surface area contributed by atoms with Crippen molar-refractivity contribution in [1.29, 1.82) is 0 Å². The molecule has 1 atom stereocenters. The van der Waals surface area contributed by atoms with Gasteiger partial charge in [-0.2, -0.15) is 0 Å². The average Bonchev–Trinajstić information content (AvgIpc) is 2.27. The fourth-order valence-corrected chi connectivity index (χ4v) is 1.15. The highest BCUT2D eigenvalue weighted by molar-refractivity contribution is 6.02. The zero-order valence-corrected chi connectivity index (χ0v) is 8.17. The minimum atomic E-state index is -1.52. The minimum Gasteiger partial charge on any atom is -0.504 e. The van der Waals surface area contributed by atoms with Gasteiger partial charge in [0.05, 0.1) is 19.3 Å². The van der Waals surface area contributed by atoms with Crippen LogP contribution in [0.2, 0.25) is 0 Å². The zero-order valence-electron chi connectivity index (χ0n) is 8.17. The normalized spacial score (nSPS) is 12.2. The van der Waals surface area contributed by atoms with E-state index in [1.54, 1.807) is 0 Å². The molecule has 1 aromatic carbocycles. The molecule has 15 heavy (non-hydrogen) atoms. The van der Waals surface area contributed by atoms with Gasteiger partial charge in [-0.1, -0.05) is 6.07 Å². The van der Waals surface area contributed by atoms with Crippen molar-refractivity contribution in [2.24, 2.45) is 0 Å². The molecule has 0 aliphatic carbocycles. The lowest BCUT2D eigenvalue weighted by Gasteiger charge is -2.10. The standard InChI is InChI=1S/C10H12O5/c1-15-8-4-2-3-6(10(8)14)9(13)7(12)5-11/h2-4,7,11-12,14H,5H2,1H3. The van der Waals surface area contributed by atoms with Gasteiger partial charge >= 0.3 is 0 Å². The van der Waals surface area contributed by atoms with Gasteiger partial charge in [0.15, 0.2) is 17.3 Å². The highest BCUT2D eigenvalue weighted by atomic mass is 16.5. The third-order valence-electron chi connectivity index (χ3n) is 1.96. The van der Waals surface area contributed by atoms with E-state index < -0.39 is 18.5 Å². The summed E-state index contributed by atoms with van der Waals surface area (Å²) >= 11 is 0. The summed E-state index contributed by atoms with van der Waals surface area (Å²) in [7, 11) is 1.35. The number of methoxy groups -OCH3 is 1. The van der Waals surface area contributed by atoms with Crippen molar-refractivity contribution in [3.63, 3.8) is 0 Å². The van der Waals surface area contributed by atoms with Crippen LogP contribution in [0.4, 0.5) is 0 Å². The van der Waals surface area contributed by atoms with E-state index in [9.17, 15) is 9.90 Å². The zero-order chi connectivity index (χ0) is 11.4. The van der Waals surface area contributed by atoms with Gasteiger partial charge in [-0.25, -0.2) is 0 Å². The number of hydrogen-bond acceptors (Lipinski definition) is 5. The third-order valence-corrected chi connectivity index (χ3v) is 1.96. The van der Waals surface area contributed by atoms with Crippen LogP contribution in [0.1, 0.15) is 10.4 Å². The maximum atomic E-state index is 11.4. The van der Waals surface area contributed by atoms with Crippen LogP contribution >= 0.6 is 0 Å². The number of carbonyl (C=O) groups excluding carboxylic acids is 1. The summed E-state index contributed by atoms with van der Waals surface area (Å²) < 4.78 is 4.80. The lowest BCUT2D eigenvalue weighted by atomic mass is 10.1. The summed E-state index contributed by atoms with van der Waals surface area (Å²) in [6.45, 7) is -0.685. The van der Waals surface area contributed by atoms with Crippen LogP contribution in [0.15, 0.2) is 18.2 Å². The molecule has 0 spiro atoms. The van der Waals surface area contributed by atoms with Crippen LogP contribution < -0.4 is 4.74 Å². The maximum absolute atomic E-state index is 11.4. The van der Waals surface area contributed by atoms with E-state index >= 15 is 0 Å². The van der Waals surface area contributed by atoms with Crippen molar-refractivity contribution < 1.29 is 24.9 Å².